The predicted octanol–water partition coefficient (Wildman–Crippen LogP) is 3.26. The maximum atomic E-state index is 12.8. The van der Waals surface area contributed by atoms with Crippen LogP contribution in [-0.2, 0) is 6.42 Å². The second kappa shape index (κ2) is 4.14. The van der Waals surface area contributed by atoms with Crippen molar-refractivity contribution < 1.29 is 13.9 Å². The molecule has 3 aromatic rings. The first-order chi connectivity index (χ1) is 8.70. The molecule has 0 saturated heterocycles. The van der Waals surface area contributed by atoms with Crippen LogP contribution in [0.5, 0.6) is 5.75 Å². The van der Waals surface area contributed by atoms with E-state index in [-0.39, 0.29) is 11.6 Å². The van der Waals surface area contributed by atoms with Crippen LogP contribution in [0.15, 0.2) is 46.9 Å². The summed E-state index contributed by atoms with van der Waals surface area (Å²) < 4.78 is 18.3. The zero-order valence-corrected chi connectivity index (χ0v) is 9.43. The third kappa shape index (κ3) is 2.05. The Morgan fingerprint density at radius 2 is 1.89 bits per heavy atom. The molecule has 0 bridgehead atoms. The molecular weight excluding hydrogens is 233 g/mol. The highest BCUT2D eigenvalue weighted by Crippen LogP contribution is 2.21. The number of hydrogen-bond acceptors (Lipinski definition) is 3. The van der Waals surface area contributed by atoms with Crippen LogP contribution in [0.1, 0.15) is 11.5 Å². The summed E-state index contributed by atoms with van der Waals surface area (Å²) in [7, 11) is 0. The van der Waals surface area contributed by atoms with Gasteiger partial charge in [0.2, 0.25) is 0 Å². The Hall–Kier alpha value is -2.36. The van der Waals surface area contributed by atoms with Gasteiger partial charge < -0.3 is 9.52 Å². The molecule has 1 heterocycles. The van der Waals surface area contributed by atoms with Gasteiger partial charge >= 0.3 is 0 Å². The molecule has 0 saturated carbocycles. The minimum absolute atomic E-state index is 0.145. The molecule has 2 aromatic carbocycles. The van der Waals surface area contributed by atoms with Crippen molar-refractivity contribution >= 4 is 11.1 Å². The van der Waals surface area contributed by atoms with E-state index in [0.717, 1.165) is 5.56 Å². The Morgan fingerprint density at radius 1 is 1.11 bits per heavy atom. The van der Waals surface area contributed by atoms with Crippen molar-refractivity contribution in [3.63, 3.8) is 0 Å². The molecule has 4 heteroatoms. The highest BCUT2D eigenvalue weighted by Gasteiger charge is 2.07. The summed E-state index contributed by atoms with van der Waals surface area (Å²) >= 11 is 0. The number of phenols is 1. The first kappa shape index (κ1) is 10.8. The highest BCUT2D eigenvalue weighted by atomic mass is 19.1. The number of phenolic OH excluding ortho intramolecular Hbond substituents is 1. The SMILES string of the molecule is Oc1ccc2nc(Cc3ccc(F)cc3)oc2c1. The van der Waals surface area contributed by atoms with Gasteiger partial charge in [-0.25, -0.2) is 9.37 Å². The fourth-order valence-corrected chi connectivity index (χ4v) is 1.81. The Bertz CT molecular complexity index is 689. The summed E-state index contributed by atoms with van der Waals surface area (Å²) in [4.78, 5) is 4.30. The van der Waals surface area contributed by atoms with Crippen molar-refractivity contribution in [2.75, 3.05) is 0 Å². The van der Waals surface area contributed by atoms with Gasteiger partial charge in [0.25, 0.3) is 0 Å². The van der Waals surface area contributed by atoms with Crippen LogP contribution in [0.25, 0.3) is 11.1 Å². The molecule has 0 unspecified atom stereocenters. The normalized spacial score (nSPS) is 10.9. The molecule has 3 rings (SSSR count). The number of nitrogens with zero attached hydrogens (tertiary/aromatic N) is 1. The van der Waals surface area contributed by atoms with E-state index in [1.807, 2.05) is 0 Å². The molecule has 3 nitrogen and oxygen atoms in total. The predicted molar refractivity (Wildman–Crippen MR) is 64.9 cm³/mol. The zero-order valence-electron chi connectivity index (χ0n) is 9.43. The quantitative estimate of drug-likeness (QED) is 0.751. The molecule has 1 aromatic heterocycles. The summed E-state index contributed by atoms with van der Waals surface area (Å²) in [5.74, 6) is 0.426. The van der Waals surface area contributed by atoms with Gasteiger partial charge in [-0.2, -0.15) is 0 Å². The first-order valence-corrected chi connectivity index (χ1v) is 5.53. The number of hydrogen-bond donors (Lipinski definition) is 1. The molecule has 0 aliphatic carbocycles. The molecular formula is C14H10FNO2. The van der Waals surface area contributed by atoms with E-state index in [1.165, 1.54) is 18.2 Å². The molecule has 0 aliphatic rings. The van der Waals surface area contributed by atoms with Crippen molar-refractivity contribution in [2.24, 2.45) is 0 Å². The minimum Gasteiger partial charge on any atom is -0.508 e. The third-order valence-corrected chi connectivity index (χ3v) is 2.68. The monoisotopic (exact) mass is 243 g/mol. The average Bonchev–Trinajstić information content (AvgIpc) is 2.73. The molecule has 0 spiro atoms. The van der Waals surface area contributed by atoms with Crippen molar-refractivity contribution in [1.82, 2.24) is 4.98 Å². The summed E-state index contributed by atoms with van der Waals surface area (Å²) in [6.07, 6.45) is 0.496. The van der Waals surface area contributed by atoms with Crippen molar-refractivity contribution in [3.05, 3.63) is 59.7 Å². The van der Waals surface area contributed by atoms with E-state index in [2.05, 4.69) is 4.98 Å². The van der Waals surface area contributed by atoms with Crippen LogP contribution in [-0.4, -0.2) is 10.1 Å². The van der Waals surface area contributed by atoms with E-state index in [0.29, 0.717) is 23.4 Å². The average molecular weight is 243 g/mol. The molecule has 0 fully saturated rings. The highest BCUT2D eigenvalue weighted by molar-refractivity contribution is 5.74. The fraction of sp³-hybridized carbons (Fsp3) is 0.0714. The maximum Gasteiger partial charge on any atom is 0.199 e. The molecule has 1 N–H and O–H groups in total. The van der Waals surface area contributed by atoms with Crippen LogP contribution in [0.4, 0.5) is 4.39 Å². The van der Waals surface area contributed by atoms with Crippen LogP contribution in [0.3, 0.4) is 0 Å². The van der Waals surface area contributed by atoms with Crippen molar-refractivity contribution in [3.8, 4) is 5.75 Å². The van der Waals surface area contributed by atoms with E-state index < -0.39 is 0 Å². The van der Waals surface area contributed by atoms with E-state index in [4.69, 9.17) is 4.42 Å². The zero-order chi connectivity index (χ0) is 12.5. The number of halogens is 1. The van der Waals surface area contributed by atoms with Gasteiger partial charge in [0.1, 0.15) is 17.1 Å². The molecule has 18 heavy (non-hydrogen) atoms. The fourth-order valence-electron chi connectivity index (χ4n) is 1.81. The lowest BCUT2D eigenvalue weighted by molar-refractivity contribution is 0.473. The van der Waals surface area contributed by atoms with Crippen LogP contribution in [0, 0.1) is 5.82 Å². The van der Waals surface area contributed by atoms with Crippen molar-refractivity contribution in [2.45, 2.75) is 6.42 Å². The largest absolute Gasteiger partial charge is 0.508 e. The molecule has 0 atom stereocenters. The van der Waals surface area contributed by atoms with Crippen LogP contribution >= 0.6 is 0 Å². The van der Waals surface area contributed by atoms with Gasteiger partial charge in [0.05, 0.1) is 0 Å². The molecule has 90 valence electrons. The molecule has 0 aliphatic heterocycles. The minimum atomic E-state index is -0.263. The Balaban J connectivity index is 1.92. The van der Waals surface area contributed by atoms with Gasteiger partial charge in [-0.05, 0) is 29.8 Å². The van der Waals surface area contributed by atoms with Gasteiger partial charge in [0, 0.05) is 12.5 Å². The lowest BCUT2D eigenvalue weighted by Gasteiger charge is -1.96. The van der Waals surface area contributed by atoms with Crippen LogP contribution in [0.2, 0.25) is 0 Å². The smallest absolute Gasteiger partial charge is 0.199 e. The first-order valence-electron chi connectivity index (χ1n) is 5.53. The second-order valence-electron chi connectivity index (χ2n) is 4.06. The van der Waals surface area contributed by atoms with Gasteiger partial charge in [-0.3, -0.25) is 0 Å². The second-order valence-corrected chi connectivity index (χ2v) is 4.06. The molecule has 0 radical (unpaired) electrons. The lowest BCUT2D eigenvalue weighted by atomic mass is 10.1. The number of aromatic hydroxyl groups is 1. The number of fused-ring (bicyclic) bond motifs is 1. The lowest BCUT2D eigenvalue weighted by Crippen LogP contribution is -1.87. The molecule has 0 amide bonds. The number of benzene rings is 2. The van der Waals surface area contributed by atoms with Crippen molar-refractivity contribution in [1.29, 1.82) is 0 Å². The Kier molecular flexibility index (Phi) is 2.48. The summed E-state index contributed by atoms with van der Waals surface area (Å²) in [6, 6.07) is 11.0. The number of aromatic nitrogens is 1. The van der Waals surface area contributed by atoms with Gasteiger partial charge in [0.15, 0.2) is 11.5 Å². The summed E-state index contributed by atoms with van der Waals surface area (Å²) in [6.45, 7) is 0. The topological polar surface area (TPSA) is 46.3 Å². The van der Waals surface area contributed by atoms with Gasteiger partial charge in [-0.1, -0.05) is 12.1 Å². The standard InChI is InChI=1S/C14H10FNO2/c15-10-3-1-9(2-4-10)7-14-16-12-6-5-11(17)8-13(12)18-14/h1-6,8,17H,7H2. The number of oxazole rings is 1. The summed E-state index contributed by atoms with van der Waals surface area (Å²) in [5.41, 5.74) is 2.17. The van der Waals surface area contributed by atoms with E-state index >= 15 is 0 Å². The number of rotatable bonds is 2. The Labute approximate surface area is 103 Å². The van der Waals surface area contributed by atoms with E-state index in [9.17, 15) is 9.50 Å². The Morgan fingerprint density at radius 3 is 2.67 bits per heavy atom. The third-order valence-electron chi connectivity index (χ3n) is 2.68. The van der Waals surface area contributed by atoms with Crippen LogP contribution < -0.4 is 0 Å². The maximum absolute atomic E-state index is 12.8. The summed E-state index contributed by atoms with van der Waals surface area (Å²) in [5, 5.41) is 9.33. The van der Waals surface area contributed by atoms with E-state index in [1.54, 1.807) is 24.3 Å². The van der Waals surface area contributed by atoms with Gasteiger partial charge in [-0.15, -0.1) is 0 Å².